The van der Waals surface area contributed by atoms with Gasteiger partial charge < -0.3 is 39.1 Å². The third-order valence-electron chi connectivity index (χ3n) is 6.37. The van der Waals surface area contributed by atoms with Crippen LogP contribution < -0.4 is 20.4 Å². The van der Waals surface area contributed by atoms with Gasteiger partial charge in [-0.25, -0.2) is 0 Å². The number of fused-ring (bicyclic) bond motifs is 1. The molecule has 4 unspecified atom stereocenters. The Morgan fingerprint density at radius 2 is 1.62 bits per heavy atom. The smallest absolute Gasteiger partial charge is 0.498 e. The molecule has 12 heteroatoms. The normalized spacial score (nSPS) is 21.7. The predicted octanol–water partition coefficient (Wildman–Crippen LogP) is 2.88. The first-order valence-corrected chi connectivity index (χ1v) is 12.3. The SMILES string of the molecule is CCC(C)Oc1cccc2c1B(O)OC2C[N-]C.C[N-]CC1OB2OCC(C)Oc3cccc1c32.[Y].[Y]. The molecule has 0 saturated carbocycles. The molecule has 0 aliphatic carbocycles. The standard InChI is InChI=1S/C13H19BNO3.C12H15BNO3.2Y/c1-4-9(2)17-11-7-5-6-10-12(8-15-3)18-14(16)13(10)11;1-8-7-15-13-12-9(11(17-13)6-14-2)4-3-5-10(12)16-8;;/h5-7,9,12,16H,4,8H2,1-3H3;3-5,8,11H,6-7H2,1-2H3;;/q2*-1;;. The molecule has 2 radical (unpaired) electrons. The van der Waals surface area contributed by atoms with Crippen LogP contribution in [0.25, 0.3) is 10.6 Å². The zero-order chi connectivity index (χ0) is 24.9. The molecule has 2 aromatic carbocycles. The Morgan fingerprint density at radius 3 is 2.27 bits per heavy atom. The molecule has 1 N–H and O–H groups in total. The van der Waals surface area contributed by atoms with Crippen LogP contribution in [0.15, 0.2) is 36.4 Å². The van der Waals surface area contributed by atoms with Crippen molar-refractivity contribution in [2.75, 3.05) is 33.8 Å². The van der Waals surface area contributed by atoms with Gasteiger partial charge in [0.2, 0.25) is 0 Å². The topological polar surface area (TPSA) is 94.6 Å². The summed E-state index contributed by atoms with van der Waals surface area (Å²) in [4.78, 5) is 0. The quantitative estimate of drug-likeness (QED) is 0.461. The van der Waals surface area contributed by atoms with Crippen molar-refractivity contribution >= 4 is 25.2 Å². The van der Waals surface area contributed by atoms with Gasteiger partial charge in [-0.3, -0.25) is 0 Å². The average Bonchev–Trinajstić information content (AvgIpc) is 3.31. The number of nitrogens with zero attached hydrogens (tertiary/aromatic N) is 2. The van der Waals surface area contributed by atoms with Crippen LogP contribution >= 0.6 is 0 Å². The van der Waals surface area contributed by atoms with Gasteiger partial charge in [0.15, 0.2) is 0 Å². The van der Waals surface area contributed by atoms with Gasteiger partial charge in [0.1, 0.15) is 17.6 Å². The van der Waals surface area contributed by atoms with Gasteiger partial charge in [0, 0.05) is 88.6 Å². The summed E-state index contributed by atoms with van der Waals surface area (Å²) in [6.07, 6.45) is 0.940. The second kappa shape index (κ2) is 15.8. The molecule has 194 valence electrons. The van der Waals surface area contributed by atoms with Crippen molar-refractivity contribution in [1.29, 1.82) is 0 Å². The van der Waals surface area contributed by atoms with Gasteiger partial charge in [-0.2, -0.15) is 14.1 Å². The zero-order valence-corrected chi connectivity index (χ0v) is 28.0. The predicted molar refractivity (Wildman–Crippen MR) is 138 cm³/mol. The first-order chi connectivity index (χ1) is 17.0. The van der Waals surface area contributed by atoms with Crippen molar-refractivity contribution in [3.8, 4) is 11.5 Å². The van der Waals surface area contributed by atoms with Crippen molar-refractivity contribution in [2.24, 2.45) is 0 Å². The van der Waals surface area contributed by atoms with E-state index in [0.29, 0.717) is 25.4 Å². The molecule has 0 amide bonds. The Labute approximate surface area is 271 Å². The van der Waals surface area contributed by atoms with Gasteiger partial charge >= 0.3 is 14.2 Å². The molecule has 4 atom stereocenters. The van der Waals surface area contributed by atoms with Crippen molar-refractivity contribution in [3.05, 3.63) is 58.2 Å². The molecule has 0 bridgehead atoms. The molecule has 3 aliphatic rings. The number of rotatable bonds is 7. The summed E-state index contributed by atoms with van der Waals surface area (Å²) in [6.45, 7) is 7.84. The first kappa shape index (κ1) is 33.3. The van der Waals surface area contributed by atoms with Gasteiger partial charge in [0.25, 0.3) is 0 Å². The van der Waals surface area contributed by atoms with Crippen molar-refractivity contribution in [2.45, 2.75) is 51.6 Å². The van der Waals surface area contributed by atoms with Crippen molar-refractivity contribution < 1.29 is 93.9 Å². The summed E-state index contributed by atoms with van der Waals surface area (Å²) in [5.74, 6) is 1.60. The Morgan fingerprint density at radius 1 is 1.00 bits per heavy atom. The zero-order valence-electron chi connectivity index (χ0n) is 22.3. The van der Waals surface area contributed by atoms with E-state index in [0.717, 1.165) is 34.2 Å². The van der Waals surface area contributed by atoms with E-state index in [1.807, 2.05) is 44.2 Å². The largest absolute Gasteiger partial charge is 0.663 e. The fourth-order valence-corrected chi connectivity index (χ4v) is 4.50. The monoisotopic (exact) mass is 658 g/mol. The number of benzene rings is 2. The van der Waals surface area contributed by atoms with Crippen LogP contribution in [0.4, 0.5) is 0 Å². The third kappa shape index (κ3) is 7.87. The Kier molecular flexibility index (Phi) is 14.2. The van der Waals surface area contributed by atoms with E-state index in [9.17, 15) is 5.02 Å². The average molecular weight is 658 g/mol. The maximum Gasteiger partial charge on any atom is 0.498 e. The van der Waals surface area contributed by atoms with Gasteiger partial charge in [0.05, 0.1) is 12.7 Å². The van der Waals surface area contributed by atoms with Crippen LogP contribution in [0.2, 0.25) is 0 Å². The fraction of sp³-hybridized carbons (Fsp3) is 0.520. The van der Waals surface area contributed by atoms with Crippen LogP contribution in [-0.4, -0.2) is 65.3 Å². The van der Waals surface area contributed by atoms with E-state index >= 15 is 0 Å². The molecule has 2 aromatic rings. The van der Waals surface area contributed by atoms with E-state index in [-0.39, 0.29) is 97.0 Å². The third-order valence-corrected chi connectivity index (χ3v) is 6.37. The number of hydrogen-bond donors (Lipinski definition) is 1. The molecule has 0 aromatic heterocycles. The minimum Gasteiger partial charge on any atom is -0.663 e. The Hall–Kier alpha value is 0.138. The van der Waals surface area contributed by atoms with E-state index in [2.05, 4.69) is 23.6 Å². The minimum absolute atomic E-state index is 0. The van der Waals surface area contributed by atoms with Gasteiger partial charge in [-0.1, -0.05) is 31.2 Å². The summed E-state index contributed by atoms with van der Waals surface area (Å²) < 4.78 is 28.8. The summed E-state index contributed by atoms with van der Waals surface area (Å²) in [6, 6.07) is 11.8. The fourth-order valence-electron chi connectivity index (χ4n) is 4.50. The summed E-state index contributed by atoms with van der Waals surface area (Å²) in [5, 5.41) is 18.2. The van der Waals surface area contributed by atoms with Crippen LogP contribution in [0.3, 0.4) is 0 Å². The van der Waals surface area contributed by atoms with E-state index in [1.54, 1.807) is 14.1 Å². The van der Waals surface area contributed by atoms with Crippen molar-refractivity contribution in [3.63, 3.8) is 0 Å². The Bertz CT molecular complexity index is 1010. The minimum atomic E-state index is -0.910. The molecule has 8 nitrogen and oxygen atoms in total. The second-order valence-corrected chi connectivity index (χ2v) is 9.05. The van der Waals surface area contributed by atoms with E-state index < -0.39 is 7.12 Å². The Balaban J connectivity index is 0.000000247. The molecule has 3 heterocycles. The van der Waals surface area contributed by atoms with Crippen LogP contribution in [0.5, 0.6) is 11.5 Å². The number of hydrogen-bond acceptors (Lipinski definition) is 6. The summed E-state index contributed by atoms with van der Waals surface area (Å²) in [7, 11) is 2.34. The van der Waals surface area contributed by atoms with E-state index in [4.69, 9.17) is 23.4 Å². The van der Waals surface area contributed by atoms with Crippen molar-refractivity contribution in [1.82, 2.24) is 0 Å². The van der Waals surface area contributed by atoms with Crippen LogP contribution in [0.1, 0.15) is 50.5 Å². The second-order valence-electron chi connectivity index (χ2n) is 9.05. The van der Waals surface area contributed by atoms with Crippen LogP contribution in [-0.2, 0) is 79.4 Å². The van der Waals surface area contributed by atoms with Crippen LogP contribution in [0, 0.1) is 0 Å². The summed E-state index contributed by atoms with van der Waals surface area (Å²) >= 11 is 0. The molecule has 5 rings (SSSR count). The molecule has 0 fully saturated rings. The molecule has 37 heavy (non-hydrogen) atoms. The van der Waals surface area contributed by atoms with Gasteiger partial charge in [-0.15, -0.1) is 13.1 Å². The maximum absolute atomic E-state index is 10.0. The van der Waals surface area contributed by atoms with E-state index in [1.165, 1.54) is 0 Å². The first-order valence-electron chi connectivity index (χ1n) is 12.3. The molecule has 0 saturated heterocycles. The molecule has 3 aliphatic heterocycles. The summed E-state index contributed by atoms with van der Waals surface area (Å²) in [5.41, 5.74) is 3.93. The molecular weight excluding hydrogens is 624 g/mol. The molecule has 0 spiro atoms. The maximum atomic E-state index is 10.0. The van der Waals surface area contributed by atoms with Gasteiger partial charge in [-0.05, 0) is 43.5 Å². The number of likely N-dealkylation sites (N-methyl/N-ethyl adjacent to an activating group) is 2. The number of ether oxygens (including phenoxy) is 2. The molecular formula is C25H34B2N2O6Y2-2.